The van der Waals surface area contributed by atoms with E-state index >= 15 is 0 Å². The molecular weight excluding hydrogens is 254 g/mol. The number of anilines is 2. The van der Waals surface area contributed by atoms with Crippen LogP contribution < -0.4 is 5.32 Å². The first-order valence-corrected chi connectivity index (χ1v) is 7.77. The van der Waals surface area contributed by atoms with Crippen molar-refractivity contribution in [1.82, 2.24) is 0 Å². The summed E-state index contributed by atoms with van der Waals surface area (Å²) in [4.78, 5) is 0. The molecule has 0 saturated carbocycles. The molecule has 21 heavy (non-hydrogen) atoms. The summed E-state index contributed by atoms with van der Waals surface area (Å²) in [5.74, 6) is 0. The first-order valence-electron chi connectivity index (χ1n) is 7.77. The lowest BCUT2D eigenvalue weighted by atomic mass is 9.73. The van der Waals surface area contributed by atoms with Gasteiger partial charge in [0.05, 0.1) is 0 Å². The number of benzene rings is 2. The van der Waals surface area contributed by atoms with E-state index in [0.717, 1.165) is 30.6 Å². The molecule has 2 aromatic carbocycles. The van der Waals surface area contributed by atoms with Crippen LogP contribution in [0, 0.1) is 0 Å². The van der Waals surface area contributed by atoms with Crippen LogP contribution in [-0.2, 0) is 5.41 Å². The molecule has 2 rings (SSSR count). The van der Waals surface area contributed by atoms with Gasteiger partial charge in [0.15, 0.2) is 0 Å². The van der Waals surface area contributed by atoms with Crippen molar-refractivity contribution in [3.63, 3.8) is 0 Å². The lowest BCUT2D eigenvalue weighted by molar-refractivity contribution is 0.400. The third kappa shape index (κ3) is 3.55. The van der Waals surface area contributed by atoms with Crippen LogP contribution in [0.1, 0.15) is 38.7 Å². The van der Waals surface area contributed by atoms with E-state index < -0.39 is 0 Å². The van der Waals surface area contributed by atoms with Gasteiger partial charge in [0.25, 0.3) is 0 Å². The Bertz CT molecular complexity index is 550. The molecule has 0 atom stereocenters. The van der Waals surface area contributed by atoms with Gasteiger partial charge in [-0.3, -0.25) is 0 Å². The van der Waals surface area contributed by atoms with E-state index in [4.69, 9.17) is 0 Å². The molecule has 0 unspecified atom stereocenters. The molecule has 1 nitrogen and oxygen atoms in total. The first-order chi connectivity index (χ1) is 10.2. The van der Waals surface area contributed by atoms with Crippen molar-refractivity contribution in [3.05, 3.63) is 72.8 Å². The Morgan fingerprint density at radius 1 is 0.905 bits per heavy atom. The van der Waals surface area contributed by atoms with Gasteiger partial charge in [-0.25, -0.2) is 0 Å². The molecule has 0 spiro atoms. The molecule has 0 aromatic heterocycles. The fourth-order valence-corrected chi connectivity index (χ4v) is 2.94. The minimum Gasteiger partial charge on any atom is -0.356 e. The van der Waals surface area contributed by atoms with Crippen LogP contribution in [0.25, 0.3) is 0 Å². The molecule has 0 fully saturated rings. The Morgan fingerprint density at radius 2 is 1.48 bits per heavy atom. The van der Waals surface area contributed by atoms with Gasteiger partial charge in [0.1, 0.15) is 0 Å². The third-order valence-electron chi connectivity index (χ3n) is 4.45. The van der Waals surface area contributed by atoms with Crippen molar-refractivity contribution in [3.8, 4) is 0 Å². The van der Waals surface area contributed by atoms with Crippen LogP contribution in [0.15, 0.2) is 67.3 Å². The summed E-state index contributed by atoms with van der Waals surface area (Å²) in [7, 11) is 0. The van der Waals surface area contributed by atoms with Crippen molar-refractivity contribution in [2.45, 2.75) is 38.5 Å². The Balaban J connectivity index is 2.19. The third-order valence-corrected chi connectivity index (χ3v) is 4.45. The highest BCUT2D eigenvalue weighted by molar-refractivity contribution is 5.59. The van der Waals surface area contributed by atoms with E-state index in [1.165, 1.54) is 5.56 Å². The molecule has 110 valence electrons. The minimum absolute atomic E-state index is 0.229. The van der Waals surface area contributed by atoms with E-state index in [2.05, 4.69) is 62.1 Å². The van der Waals surface area contributed by atoms with E-state index in [0.29, 0.717) is 0 Å². The number of para-hydroxylation sites is 1. The van der Waals surface area contributed by atoms with Gasteiger partial charge in [-0.05, 0) is 54.5 Å². The fraction of sp³-hybridized carbons (Fsp3) is 0.300. The van der Waals surface area contributed by atoms with Crippen LogP contribution in [0.4, 0.5) is 11.4 Å². The highest BCUT2D eigenvalue weighted by Gasteiger charge is 2.26. The summed E-state index contributed by atoms with van der Waals surface area (Å²) in [5.41, 5.74) is 3.89. The zero-order valence-electron chi connectivity index (χ0n) is 13.1. The van der Waals surface area contributed by atoms with Gasteiger partial charge in [-0.15, -0.1) is 6.58 Å². The quantitative estimate of drug-likeness (QED) is 0.607. The summed E-state index contributed by atoms with van der Waals surface area (Å²) in [5, 5.41) is 3.43. The second kappa shape index (κ2) is 7.12. The Labute approximate surface area is 128 Å². The summed E-state index contributed by atoms with van der Waals surface area (Å²) >= 11 is 0. The van der Waals surface area contributed by atoms with E-state index in [9.17, 15) is 0 Å². The molecule has 1 N–H and O–H groups in total. The first kappa shape index (κ1) is 15.4. The lowest BCUT2D eigenvalue weighted by Gasteiger charge is -2.31. The highest BCUT2D eigenvalue weighted by atomic mass is 14.9. The van der Waals surface area contributed by atoms with Gasteiger partial charge in [0.2, 0.25) is 0 Å². The Kier molecular flexibility index (Phi) is 5.21. The van der Waals surface area contributed by atoms with E-state index in [-0.39, 0.29) is 5.41 Å². The zero-order valence-corrected chi connectivity index (χ0v) is 13.1. The average molecular weight is 279 g/mol. The van der Waals surface area contributed by atoms with Crippen LogP contribution in [0.2, 0.25) is 0 Å². The van der Waals surface area contributed by atoms with Crippen molar-refractivity contribution in [2.24, 2.45) is 0 Å². The molecule has 2 aromatic rings. The molecular formula is C20H25N. The van der Waals surface area contributed by atoms with Gasteiger partial charge in [-0.1, -0.05) is 50.3 Å². The Morgan fingerprint density at radius 3 is 2.00 bits per heavy atom. The van der Waals surface area contributed by atoms with Gasteiger partial charge in [-0.2, -0.15) is 0 Å². The molecule has 0 aliphatic carbocycles. The van der Waals surface area contributed by atoms with Crippen LogP contribution in [0.5, 0.6) is 0 Å². The molecule has 1 heteroatoms. The van der Waals surface area contributed by atoms with Gasteiger partial charge < -0.3 is 5.32 Å². The Hall–Kier alpha value is -2.02. The van der Waals surface area contributed by atoms with Crippen molar-refractivity contribution < 1.29 is 0 Å². The van der Waals surface area contributed by atoms with Crippen LogP contribution in [0.3, 0.4) is 0 Å². The van der Waals surface area contributed by atoms with E-state index in [1.807, 2.05) is 24.3 Å². The maximum atomic E-state index is 3.93. The molecule has 0 aliphatic heterocycles. The largest absolute Gasteiger partial charge is 0.356 e. The standard InChI is InChI=1S/C20H25N/c1-4-16-20(5-2,6-3)17-12-14-19(15-13-17)21-18-10-8-7-9-11-18/h4,7-15,21H,1,5-6,16H2,2-3H3. The molecule has 0 bridgehead atoms. The number of nitrogens with one attached hydrogen (secondary N) is 1. The monoisotopic (exact) mass is 279 g/mol. The second-order valence-electron chi connectivity index (χ2n) is 5.55. The molecule has 0 amide bonds. The summed E-state index contributed by atoms with van der Waals surface area (Å²) in [6, 6.07) is 19.1. The highest BCUT2D eigenvalue weighted by Crippen LogP contribution is 2.36. The van der Waals surface area contributed by atoms with E-state index in [1.54, 1.807) is 0 Å². The zero-order chi connectivity index (χ0) is 15.1. The average Bonchev–Trinajstić information content (AvgIpc) is 2.55. The topological polar surface area (TPSA) is 12.0 Å². The normalized spacial score (nSPS) is 11.1. The number of hydrogen-bond donors (Lipinski definition) is 1. The lowest BCUT2D eigenvalue weighted by Crippen LogP contribution is -2.23. The predicted octanol–water partition coefficient (Wildman–Crippen LogP) is 6.06. The fourth-order valence-electron chi connectivity index (χ4n) is 2.94. The number of hydrogen-bond acceptors (Lipinski definition) is 1. The minimum atomic E-state index is 0.229. The van der Waals surface area contributed by atoms with Crippen molar-refractivity contribution in [1.29, 1.82) is 0 Å². The number of allylic oxidation sites excluding steroid dienone is 1. The predicted molar refractivity (Wildman–Crippen MR) is 93.2 cm³/mol. The molecule has 0 radical (unpaired) electrons. The second-order valence-corrected chi connectivity index (χ2v) is 5.55. The molecule has 0 aliphatic rings. The molecule has 0 saturated heterocycles. The SMILES string of the molecule is C=CCC(CC)(CC)c1ccc(Nc2ccccc2)cc1. The summed E-state index contributed by atoms with van der Waals surface area (Å²) in [6.45, 7) is 8.46. The number of rotatable bonds is 7. The van der Waals surface area contributed by atoms with Gasteiger partial charge in [0, 0.05) is 11.4 Å². The van der Waals surface area contributed by atoms with Crippen molar-refractivity contribution >= 4 is 11.4 Å². The summed E-state index contributed by atoms with van der Waals surface area (Å²) < 4.78 is 0. The van der Waals surface area contributed by atoms with Crippen LogP contribution in [-0.4, -0.2) is 0 Å². The van der Waals surface area contributed by atoms with Gasteiger partial charge >= 0.3 is 0 Å². The maximum Gasteiger partial charge on any atom is 0.0384 e. The van der Waals surface area contributed by atoms with Crippen LogP contribution >= 0.6 is 0 Å². The molecule has 0 heterocycles. The smallest absolute Gasteiger partial charge is 0.0384 e. The summed E-state index contributed by atoms with van der Waals surface area (Å²) in [6.07, 6.45) is 5.36. The maximum absolute atomic E-state index is 3.93. The van der Waals surface area contributed by atoms with Crippen molar-refractivity contribution in [2.75, 3.05) is 5.32 Å².